The summed E-state index contributed by atoms with van der Waals surface area (Å²) in [4.78, 5) is 30.7. The number of hydrogen-bond acceptors (Lipinski definition) is 8. The maximum Gasteiger partial charge on any atom is 0.573 e. The summed E-state index contributed by atoms with van der Waals surface area (Å²) < 4.78 is 98.0. The number of carbonyl (C=O) groups is 2. The molecule has 0 unspecified atom stereocenters. The van der Waals surface area contributed by atoms with Crippen molar-refractivity contribution in [2.45, 2.75) is 43.1 Å². The Morgan fingerprint density at radius 1 is 1.05 bits per heavy atom. The van der Waals surface area contributed by atoms with Crippen molar-refractivity contribution in [1.82, 2.24) is 29.3 Å². The molecule has 1 atom stereocenters. The number of nitrogens with one attached hydrogen (secondary N) is 1. The second kappa shape index (κ2) is 12.1. The van der Waals surface area contributed by atoms with Crippen LogP contribution < -0.4 is 15.8 Å². The van der Waals surface area contributed by atoms with Crippen molar-refractivity contribution in [3.8, 4) is 5.75 Å². The third-order valence-electron chi connectivity index (χ3n) is 6.56. The van der Waals surface area contributed by atoms with Gasteiger partial charge < -0.3 is 20.7 Å². The lowest BCUT2D eigenvalue weighted by atomic mass is 10.0. The summed E-state index contributed by atoms with van der Waals surface area (Å²) in [6.07, 6.45) is -4.34. The minimum absolute atomic E-state index is 0.155. The van der Waals surface area contributed by atoms with Crippen LogP contribution in [0.25, 0.3) is 0 Å². The molecule has 232 valence electrons. The van der Waals surface area contributed by atoms with Crippen molar-refractivity contribution in [3.05, 3.63) is 66.0 Å². The zero-order valence-corrected chi connectivity index (χ0v) is 23.3. The van der Waals surface area contributed by atoms with E-state index in [0.717, 1.165) is 44.5 Å². The van der Waals surface area contributed by atoms with E-state index in [4.69, 9.17) is 5.73 Å². The number of piperazine rings is 1. The fourth-order valence-electron chi connectivity index (χ4n) is 4.28. The van der Waals surface area contributed by atoms with Gasteiger partial charge in [-0.05, 0) is 29.8 Å². The zero-order valence-electron chi connectivity index (χ0n) is 22.5. The molecule has 4 rings (SSSR count). The van der Waals surface area contributed by atoms with Crippen molar-refractivity contribution in [2.75, 3.05) is 25.4 Å². The van der Waals surface area contributed by atoms with Crippen LogP contribution in [-0.4, -0.2) is 76.4 Å². The predicted octanol–water partition coefficient (Wildman–Crippen LogP) is 2.92. The van der Waals surface area contributed by atoms with Gasteiger partial charge in [0.15, 0.2) is 0 Å². The van der Waals surface area contributed by atoms with Crippen LogP contribution in [0.3, 0.4) is 0 Å². The topological polar surface area (TPSA) is 153 Å². The first-order valence-corrected chi connectivity index (χ1v) is 14.1. The van der Waals surface area contributed by atoms with Gasteiger partial charge in [0.25, 0.3) is 5.92 Å². The average Bonchev–Trinajstić information content (AvgIpc) is 3.41. The van der Waals surface area contributed by atoms with E-state index < -0.39 is 63.9 Å². The molecule has 0 bridgehead atoms. The van der Waals surface area contributed by atoms with Gasteiger partial charge >= 0.3 is 12.4 Å². The molecule has 18 heteroatoms. The molecule has 0 radical (unpaired) electrons. The van der Waals surface area contributed by atoms with E-state index in [1.165, 1.54) is 31.2 Å². The van der Waals surface area contributed by atoms with Gasteiger partial charge in [-0.2, -0.15) is 8.99 Å². The first-order valence-electron chi connectivity index (χ1n) is 12.7. The third-order valence-corrected chi connectivity index (χ3v) is 8.48. The summed E-state index contributed by atoms with van der Waals surface area (Å²) in [6, 6.07) is 6.43. The Balaban J connectivity index is 1.56. The molecule has 0 spiro atoms. The Morgan fingerprint density at radius 3 is 2.26 bits per heavy atom. The van der Waals surface area contributed by atoms with Crippen LogP contribution in [0, 0.1) is 0 Å². The molecule has 0 aliphatic carbocycles. The minimum Gasteiger partial charge on any atom is -0.406 e. The molecule has 2 aromatic carbocycles. The molecule has 1 aromatic heterocycles. The fourth-order valence-corrected chi connectivity index (χ4v) is 5.85. The number of nitrogen functional groups attached to an aromatic ring is 1. The van der Waals surface area contributed by atoms with E-state index in [1.807, 2.05) is 0 Å². The van der Waals surface area contributed by atoms with Crippen molar-refractivity contribution in [3.63, 3.8) is 0 Å². The van der Waals surface area contributed by atoms with Gasteiger partial charge in [0, 0.05) is 38.2 Å². The monoisotopic (exact) mass is 631 g/mol. The molecular weight excluding hydrogens is 605 g/mol. The molecule has 1 fully saturated rings. The quantitative estimate of drug-likeness (QED) is 0.360. The molecule has 2 heterocycles. The van der Waals surface area contributed by atoms with Crippen LogP contribution in [0.15, 0.2) is 59.8 Å². The summed E-state index contributed by atoms with van der Waals surface area (Å²) in [5.41, 5.74) is 5.71. The van der Waals surface area contributed by atoms with Crippen molar-refractivity contribution < 1.29 is 44.7 Å². The van der Waals surface area contributed by atoms with Gasteiger partial charge in [0.05, 0.1) is 4.90 Å². The number of benzene rings is 2. The smallest absolute Gasteiger partial charge is 0.406 e. The number of alkyl halides is 5. The van der Waals surface area contributed by atoms with E-state index in [9.17, 15) is 40.0 Å². The average molecular weight is 632 g/mol. The number of nitrogens with zero attached hydrogens (tertiary/aromatic N) is 5. The number of carbonyl (C=O) groups excluding carboxylic acids is 2. The Labute approximate surface area is 242 Å². The van der Waals surface area contributed by atoms with Gasteiger partial charge in [0.2, 0.25) is 21.9 Å². The van der Waals surface area contributed by atoms with E-state index in [2.05, 4.69) is 20.1 Å². The summed E-state index contributed by atoms with van der Waals surface area (Å²) >= 11 is 0. The number of ether oxygens (including phenoxy) is 1. The Hall–Kier alpha value is -4.32. The van der Waals surface area contributed by atoms with Crippen LogP contribution in [0.1, 0.15) is 24.5 Å². The van der Waals surface area contributed by atoms with Crippen LogP contribution >= 0.6 is 0 Å². The molecule has 43 heavy (non-hydrogen) atoms. The highest BCUT2D eigenvalue weighted by atomic mass is 32.2. The van der Waals surface area contributed by atoms with Crippen molar-refractivity contribution >= 4 is 27.9 Å². The highest BCUT2D eigenvalue weighted by Crippen LogP contribution is 2.31. The highest BCUT2D eigenvalue weighted by Gasteiger charge is 2.42. The lowest BCUT2D eigenvalue weighted by molar-refractivity contribution is -0.274. The number of aromatic nitrogens is 3. The van der Waals surface area contributed by atoms with Crippen molar-refractivity contribution in [2.24, 2.45) is 0 Å². The number of anilines is 1. The molecule has 0 saturated carbocycles. The predicted molar refractivity (Wildman–Crippen MR) is 140 cm³/mol. The van der Waals surface area contributed by atoms with E-state index in [-0.39, 0.29) is 31.1 Å². The molecule has 12 nitrogen and oxygen atoms in total. The first-order chi connectivity index (χ1) is 20.1. The van der Waals surface area contributed by atoms with Gasteiger partial charge in [-0.1, -0.05) is 31.2 Å². The van der Waals surface area contributed by atoms with Gasteiger partial charge in [0.1, 0.15) is 18.1 Å². The lowest BCUT2D eigenvalue weighted by Crippen LogP contribution is -2.61. The number of halogens is 5. The molecule has 3 N–H and O–H groups in total. The van der Waals surface area contributed by atoms with E-state index in [0.29, 0.717) is 5.56 Å². The number of rotatable bonds is 8. The number of sulfonamides is 1. The Bertz CT molecular complexity index is 1560. The van der Waals surface area contributed by atoms with E-state index >= 15 is 0 Å². The second-order valence-electron chi connectivity index (χ2n) is 9.40. The first kappa shape index (κ1) is 31.6. The highest BCUT2D eigenvalue weighted by molar-refractivity contribution is 7.89. The largest absolute Gasteiger partial charge is 0.573 e. The normalized spacial score (nSPS) is 16.6. The molecule has 1 aliphatic rings. The number of amides is 2. The van der Waals surface area contributed by atoms with E-state index in [1.54, 1.807) is 0 Å². The summed E-state index contributed by atoms with van der Waals surface area (Å²) in [5, 5.41) is 6.29. The van der Waals surface area contributed by atoms with Gasteiger partial charge in [-0.3, -0.25) is 4.79 Å². The summed E-state index contributed by atoms with van der Waals surface area (Å²) in [6.45, 7) is 0.218. The Kier molecular flexibility index (Phi) is 8.91. The second-order valence-corrected chi connectivity index (χ2v) is 11.3. The van der Waals surface area contributed by atoms with Crippen LogP contribution in [0.2, 0.25) is 0 Å². The zero-order chi connectivity index (χ0) is 31.6. The molecule has 1 saturated heterocycles. The Morgan fingerprint density at radius 2 is 1.70 bits per heavy atom. The minimum atomic E-state index is -4.99. The van der Waals surface area contributed by atoms with Crippen LogP contribution in [0.5, 0.6) is 5.75 Å². The lowest BCUT2D eigenvalue weighted by Gasteiger charge is -2.39. The number of hydrogen-bond donors (Lipinski definition) is 2. The molecule has 3 aromatic rings. The maximum atomic E-state index is 14.0. The fraction of sp³-hybridized carbons (Fsp3) is 0.360. The number of nitrogens with two attached hydrogens (primary N) is 1. The summed E-state index contributed by atoms with van der Waals surface area (Å²) in [7, 11) is -4.47. The van der Waals surface area contributed by atoms with Gasteiger partial charge in [-0.25, -0.2) is 27.0 Å². The SMILES string of the molecule is CCC(F)(F)c1ccc(CNC(=O)[C@H]2CN(C(=O)n3cnc(N)n3)CCN2S(=O)(=O)c2ccc(OC(F)(F)F)cc2)cc1. The standard InChI is InChI=1S/C25H26F5N7O5S/c1-2-24(26,27)17-5-3-16(4-6-17)13-32-21(38)20-14-35(23(39)36-15-33-22(31)34-36)11-12-37(20)43(40,41)19-9-7-18(8-10-19)42-25(28,29)30/h3-10,15,20H,2,11-14H2,1H3,(H2,31,34)(H,32,38)/t20-/m1/s1. The third kappa shape index (κ3) is 7.37. The van der Waals surface area contributed by atoms with Gasteiger partial charge in [-0.15, -0.1) is 18.3 Å². The maximum absolute atomic E-state index is 14.0. The summed E-state index contributed by atoms with van der Waals surface area (Å²) in [5.74, 6) is -4.68. The molecular formula is C25H26F5N7O5S. The molecule has 2 amide bonds. The molecule has 1 aliphatic heterocycles. The van der Waals surface area contributed by atoms with Crippen LogP contribution in [0.4, 0.5) is 32.7 Å². The van der Waals surface area contributed by atoms with Crippen molar-refractivity contribution in [1.29, 1.82) is 0 Å². The van der Waals surface area contributed by atoms with Crippen LogP contribution in [-0.2, 0) is 27.3 Å².